The van der Waals surface area contributed by atoms with Crippen molar-refractivity contribution in [1.29, 1.82) is 0 Å². The van der Waals surface area contributed by atoms with E-state index in [-0.39, 0.29) is 22.7 Å². The van der Waals surface area contributed by atoms with Crippen molar-refractivity contribution in [2.75, 3.05) is 5.73 Å². The predicted molar refractivity (Wildman–Crippen MR) is 47.1 cm³/mol. The molecule has 0 saturated carbocycles. The molecule has 0 radical (unpaired) electrons. The molecule has 0 spiro atoms. The van der Waals surface area contributed by atoms with E-state index in [9.17, 15) is 13.6 Å². The average molecular weight is 215 g/mol. The highest BCUT2D eigenvalue weighted by Gasteiger charge is 2.46. The van der Waals surface area contributed by atoms with Gasteiger partial charge in [0.05, 0.1) is 11.3 Å². The minimum absolute atomic E-state index is 0.00664. The summed E-state index contributed by atoms with van der Waals surface area (Å²) in [6.07, 6.45) is -3.76. The van der Waals surface area contributed by atoms with E-state index in [2.05, 4.69) is 9.47 Å². The molecule has 6 heteroatoms. The van der Waals surface area contributed by atoms with E-state index >= 15 is 0 Å². The highest BCUT2D eigenvalue weighted by atomic mass is 19.3. The molecular weight excluding hydrogens is 208 g/mol. The molecule has 0 atom stereocenters. The highest BCUT2D eigenvalue weighted by molar-refractivity contribution is 5.98. The predicted octanol–water partition coefficient (Wildman–Crippen LogP) is 1.79. The lowest BCUT2D eigenvalue weighted by atomic mass is 10.1. The summed E-state index contributed by atoms with van der Waals surface area (Å²) in [5.74, 6) is -0.979. The van der Waals surface area contributed by atoms with Crippen LogP contribution in [0, 0.1) is 0 Å². The van der Waals surface area contributed by atoms with E-state index in [0.717, 1.165) is 0 Å². The van der Waals surface area contributed by atoms with Crippen LogP contribution >= 0.6 is 0 Å². The number of alkyl halides is 2. The van der Waals surface area contributed by atoms with Gasteiger partial charge in [-0.2, -0.15) is 0 Å². The molecule has 80 valence electrons. The first-order valence-electron chi connectivity index (χ1n) is 4.10. The summed E-state index contributed by atoms with van der Waals surface area (Å²) >= 11 is 0. The Kier molecular flexibility index (Phi) is 1.82. The molecule has 15 heavy (non-hydrogen) atoms. The van der Waals surface area contributed by atoms with Crippen molar-refractivity contribution in [3.8, 4) is 11.5 Å². The summed E-state index contributed by atoms with van der Waals surface area (Å²) in [7, 11) is 0. The van der Waals surface area contributed by atoms with E-state index in [4.69, 9.17) is 5.73 Å². The Bertz CT molecular complexity index is 445. The number of hydrogen-bond acceptors (Lipinski definition) is 4. The van der Waals surface area contributed by atoms with Crippen molar-refractivity contribution >= 4 is 11.5 Å². The van der Waals surface area contributed by atoms with Crippen LogP contribution in [0.5, 0.6) is 11.5 Å². The van der Waals surface area contributed by atoms with Crippen molar-refractivity contribution in [2.24, 2.45) is 0 Å². The first kappa shape index (κ1) is 9.70. The molecule has 1 aliphatic heterocycles. The van der Waals surface area contributed by atoms with Gasteiger partial charge < -0.3 is 15.2 Å². The third-order valence-electron chi connectivity index (χ3n) is 1.96. The number of fused-ring (bicyclic) bond motifs is 1. The standard InChI is InChI=1S/C9H7F2NO3/c1-4(13)5-2-3-6(12)8-7(5)14-9(10,11)15-8/h2-3H,12H2,1H3. The van der Waals surface area contributed by atoms with Gasteiger partial charge in [-0.05, 0) is 19.1 Å². The van der Waals surface area contributed by atoms with Crippen LogP contribution in [0.4, 0.5) is 14.5 Å². The van der Waals surface area contributed by atoms with Gasteiger partial charge in [0, 0.05) is 0 Å². The molecule has 1 aromatic carbocycles. The number of rotatable bonds is 1. The minimum Gasteiger partial charge on any atom is -0.396 e. The molecule has 0 saturated heterocycles. The number of carbonyl (C=O) groups is 1. The average Bonchev–Trinajstić information content (AvgIpc) is 2.41. The van der Waals surface area contributed by atoms with Crippen LogP contribution in [0.1, 0.15) is 17.3 Å². The third kappa shape index (κ3) is 1.47. The summed E-state index contributed by atoms with van der Waals surface area (Å²) < 4.78 is 33.9. The largest absolute Gasteiger partial charge is 0.586 e. The second kappa shape index (κ2) is 2.82. The number of halogens is 2. The summed E-state index contributed by atoms with van der Waals surface area (Å²) in [4.78, 5) is 11.1. The van der Waals surface area contributed by atoms with Crippen molar-refractivity contribution in [1.82, 2.24) is 0 Å². The number of carbonyl (C=O) groups excluding carboxylic acids is 1. The molecule has 4 nitrogen and oxygen atoms in total. The number of ether oxygens (including phenoxy) is 2. The Morgan fingerprint density at radius 1 is 1.33 bits per heavy atom. The molecule has 2 rings (SSSR count). The van der Waals surface area contributed by atoms with Crippen LogP contribution in [0.3, 0.4) is 0 Å². The summed E-state index contributed by atoms with van der Waals surface area (Å²) in [6.45, 7) is 1.24. The normalized spacial score (nSPS) is 16.5. The minimum atomic E-state index is -3.76. The van der Waals surface area contributed by atoms with Crippen molar-refractivity contribution in [3.05, 3.63) is 17.7 Å². The monoisotopic (exact) mass is 215 g/mol. The van der Waals surface area contributed by atoms with Gasteiger partial charge in [-0.3, -0.25) is 4.79 Å². The summed E-state index contributed by atoms with van der Waals surface area (Å²) in [5.41, 5.74) is 5.44. The van der Waals surface area contributed by atoms with Crippen LogP contribution < -0.4 is 15.2 Å². The molecule has 0 amide bonds. The lowest BCUT2D eigenvalue weighted by Gasteiger charge is -2.05. The molecule has 1 heterocycles. The third-order valence-corrected chi connectivity index (χ3v) is 1.96. The number of hydrogen-bond donors (Lipinski definition) is 1. The zero-order valence-electron chi connectivity index (χ0n) is 7.71. The molecule has 0 unspecified atom stereocenters. The zero-order chi connectivity index (χ0) is 11.2. The van der Waals surface area contributed by atoms with Gasteiger partial charge in [0.25, 0.3) is 0 Å². The van der Waals surface area contributed by atoms with Crippen LogP contribution in [0.25, 0.3) is 0 Å². The Balaban J connectivity index is 2.60. The Labute approximate surface area is 83.6 Å². The Hall–Kier alpha value is -1.85. The second-order valence-electron chi connectivity index (χ2n) is 3.08. The molecule has 0 aromatic heterocycles. The summed E-state index contributed by atoms with van der Waals surface area (Å²) in [6, 6.07) is 2.64. The molecule has 0 bridgehead atoms. The van der Waals surface area contributed by atoms with Gasteiger partial charge in [0.1, 0.15) is 0 Å². The number of benzene rings is 1. The number of anilines is 1. The van der Waals surface area contributed by atoms with Gasteiger partial charge >= 0.3 is 6.29 Å². The van der Waals surface area contributed by atoms with Crippen LogP contribution in [0.15, 0.2) is 12.1 Å². The van der Waals surface area contributed by atoms with Crippen molar-refractivity contribution in [3.63, 3.8) is 0 Å². The van der Waals surface area contributed by atoms with E-state index in [0.29, 0.717) is 0 Å². The number of ketones is 1. The quantitative estimate of drug-likeness (QED) is 0.573. The fraction of sp³-hybridized carbons (Fsp3) is 0.222. The van der Waals surface area contributed by atoms with Gasteiger partial charge in [-0.1, -0.05) is 0 Å². The number of Topliss-reactive ketones (excluding diaryl/α,β-unsaturated/α-hetero) is 1. The SMILES string of the molecule is CC(=O)c1ccc(N)c2c1OC(F)(F)O2. The maximum atomic E-state index is 12.7. The smallest absolute Gasteiger partial charge is 0.396 e. The maximum Gasteiger partial charge on any atom is 0.586 e. The van der Waals surface area contributed by atoms with E-state index < -0.39 is 12.1 Å². The lowest BCUT2D eigenvalue weighted by molar-refractivity contribution is -0.286. The number of nitrogens with two attached hydrogens (primary N) is 1. The second-order valence-corrected chi connectivity index (χ2v) is 3.08. The van der Waals surface area contributed by atoms with E-state index in [1.54, 1.807) is 0 Å². The van der Waals surface area contributed by atoms with Crippen molar-refractivity contribution in [2.45, 2.75) is 13.2 Å². The molecule has 1 aliphatic rings. The molecule has 2 N–H and O–H groups in total. The zero-order valence-corrected chi connectivity index (χ0v) is 7.71. The maximum absolute atomic E-state index is 12.7. The molecule has 0 aliphatic carbocycles. The fourth-order valence-electron chi connectivity index (χ4n) is 1.32. The Morgan fingerprint density at radius 2 is 1.93 bits per heavy atom. The molecular formula is C9H7F2NO3. The van der Waals surface area contributed by atoms with Crippen LogP contribution in [0.2, 0.25) is 0 Å². The summed E-state index contributed by atoms with van der Waals surface area (Å²) in [5, 5.41) is 0. The van der Waals surface area contributed by atoms with Crippen LogP contribution in [-0.2, 0) is 0 Å². The lowest BCUT2D eigenvalue weighted by Crippen LogP contribution is -2.26. The topological polar surface area (TPSA) is 61.6 Å². The van der Waals surface area contributed by atoms with Crippen molar-refractivity contribution < 1.29 is 23.0 Å². The Morgan fingerprint density at radius 3 is 2.53 bits per heavy atom. The first-order chi connectivity index (χ1) is 6.91. The fourth-order valence-corrected chi connectivity index (χ4v) is 1.32. The highest BCUT2D eigenvalue weighted by Crippen LogP contribution is 2.47. The van der Waals surface area contributed by atoms with Gasteiger partial charge in [-0.25, -0.2) is 0 Å². The van der Waals surface area contributed by atoms with Gasteiger partial charge in [0.15, 0.2) is 17.3 Å². The van der Waals surface area contributed by atoms with E-state index in [1.165, 1.54) is 19.1 Å². The van der Waals surface area contributed by atoms with Gasteiger partial charge in [-0.15, -0.1) is 8.78 Å². The number of nitrogen functional groups attached to an aromatic ring is 1. The molecule has 1 aromatic rings. The first-order valence-corrected chi connectivity index (χ1v) is 4.10. The van der Waals surface area contributed by atoms with E-state index in [1.807, 2.05) is 0 Å². The molecule has 0 fully saturated rings. The van der Waals surface area contributed by atoms with Crippen LogP contribution in [-0.4, -0.2) is 12.1 Å². The van der Waals surface area contributed by atoms with Gasteiger partial charge in [0.2, 0.25) is 0 Å².